The SMILES string of the molecule is CCN(CC)CCOC1CCN(C(=O)[C@@H](N)C(C)(C)C)C1.Cl.Cl. The first kappa shape index (κ1) is 25.2. The van der Waals surface area contributed by atoms with Crippen molar-refractivity contribution < 1.29 is 9.53 Å². The Kier molecular flexibility index (Phi) is 12.6. The first-order chi connectivity index (χ1) is 9.79. The molecule has 0 saturated carbocycles. The van der Waals surface area contributed by atoms with Gasteiger partial charge in [0.15, 0.2) is 0 Å². The Morgan fingerprint density at radius 2 is 1.87 bits per heavy atom. The van der Waals surface area contributed by atoms with Crippen LogP contribution in [-0.2, 0) is 9.53 Å². The van der Waals surface area contributed by atoms with E-state index in [0.717, 1.165) is 39.2 Å². The fraction of sp³-hybridized carbons (Fsp3) is 0.938. The molecule has 1 heterocycles. The largest absolute Gasteiger partial charge is 0.375 e. The lowest BCUT2D eigenvalue weighted by atomic mass is 9.86. The number of nitrogens with two attached hydrogens (primary N) is 1. The van der Waals surface area contributed by atoms with Gasteiger partial charge in [-0.15, -0.1) is 24.8 Å². The number of halogens is 2. The van der Waals surface area contributed by atoms with Crippen LogP contribution in [0.2, 0.25) is 0 Å². The van der Waals surface area contributed by atoms with Crippen LogP contribution < -0.4 is 5.73 Å². The quantitative estimate of drug-likeness (QED) is 0.744. The number of likely N-dealkylation sites (tertiary alicyclic amines) is 1. The Labute approximate surface area is 154 Å². The normalized spacial score (nSPS) is 19.3. The van der Waals surface area contributed by atoms with E-state index in [1.807, 2.05) is 25.7 Å². The van der Waals surface area contributed by atoms with Crippen LogP contribution in [0, 0.1) is 5.41 Å². The molecule has 2 atom stereocenters. The molecule has 1 aliphatic heterocycles. The molecule has 23 heavy (non-hydrogen) atoms. The van der Waals surface area contributed by atoms with Gasteiger partial charge in [-0.25, -0.2) is 0 Å². The predicted molar refractivity (Wildman–Crippen MR) is 101 cm³/mol. The minimum absolute atomic E-state index is 0. The van der Waals surface area contributed by atoms with Gasteiger partial charge in [-0.1, -0.05) is 34.6 Å². The summed E-state index contributed by atoms with van der Waals surface area (Å²) in [6, 6.07) is -0.438. The molecule has 1 fully saturated rings. The van der Waals surface area contributed by atoms with Gasteiger partial charge in [0.2, 0.25) is 5.91 Å². The number of amides is 1. The van der Waals surface area contributed by atoms with Gasteiger partial charge in [-0.05, 0) is 24.9 Å². The second kappa shape index (κ2) is 11.5. The number of ether oxygens (including phenoxy) is 1. The summed E-state index contributed by atoms with van der Waals surface area (Å²) in [5.74, 6) is 0.0531. The highest BCUT2D eigenvalue weighted by Crippen LogP contribution is 2.22. The van der Waals surface area contributed by atoms with E-state index in [1.165, 1.54) is 0 Å². The standard InChI is InChI=1S/C16H33N3O2.2ClH/c1-6-18(7-2)10-11-21-13-8-9-19(12-13)15(20)14(17)16(3,4)5;;/h13-14H,6-12,17H2,1-5H3;2*1H/t13?,14-;;/m1../s1. The van der Waals surface area contributed by atoms with Crippen LogP contribution in [0.4, 0.5) is 0 Å². The second-order valence-electron chi connectivity index (χ2n) is 6.94. The number of rotatable bonds is 7. The van der Waals surface area contributed by atoms with Gasteiger partial charge in [0.1, 0.15) is 0 Å². The summed E-state index contributed by atoms with van der Waals surface area (Å²) in [7, 11) is 0. The van der Waals surface area contributed by atoms with Crippen LogP contribution in [0.1, 0.15) is 41.0 Å². The maximum Gasteiger partial charge on any atom is 0.240 e. The van der Waals surface area contributed by atoms with Crippen molar-refractivity contribution in [1.82, 2.24) is 9.80 Å². The van der Waals surface area contributed by atoms with Crippen molar-refractivity contribution in [2.75, 3.05) is 39.3 Å². The van der Waals surface area contributed by atoms with Gasteiger partial charge >= 0.3 is 0 Å². The van der Waals surface area contributed by atoms with Crippen molar-refractivity contribution in [3.63, 3.8) is 0 Å². The van der Waals surface area contributed by atoms with Gasteiger partial charge in [0.25, 0.3) is 0 Å². The number of hydrogen-bond acceptors (Lipinski definition) is 4. The highest BCUT2D eigenvalue weighted by Gasteiger charge is 2.34. The van der Waals surface area contributed by atoms with Gasteiger partial charge in [-0.2, -0.15) is 0 Å². The fourth-order valence-electron chi connectivity index (χ4n) is 2.52. The molecule has 0 aromatic carbocycles. The molecule has 140 valence electrons. The number of hydrogen-bond donors (Lipinski definition) is 1. The van der Waals surface area contributed by atoms with E-state index in [0.29, 0.717) is 6.54 Å². The molecule has 1 saturated heterocycles. The monoisotopic (exact) mass is 371 g/mol. The Hall–Kier alpha value is -0.0700. The van der Waals surface area contributed by atoms with E-state index in [4.69, 9.17) is 10.5 Å². The molecule has 0 bridgehead atoms. The first-order valence-corrected chi connectivity index (χ1v) is 8.17. The van der Waals surface area contributed by atoms with Gasteiger partial charge in [-0.3, -0.25) is 4.79 Å². The Morgan fingerprint density at radius 1 is 1.30 bits per heavy atom. The molecule has 0 aromatic rings. The molecule has 5 nitrogen and oxygen atoms in total. The lowest BCUT2D eigenvalue weighted by Crippen LogP contribution is -2.50. The van der Waals surface area contributed by atoms with Crippen molar-refractivity contribution >= 4 is 30.7 Å². The van der Waals surface area contributed by atoms with Crippen molar-refractivity contribution in [3.8, 4) is 0 Å². The van der Waals surface area contributed by atoms with E-state index < -0.39 is 6.04 Å². The Balaban J connectivity index is 0. The van der Waals surface area contributed by atoms with E-state index in [9.17, 15) is 4.79 Å². The molecule has 1 amide bonds. The summed E-state index contributed by atoms with van der Waals surface area (Å²) < 4.78 is 5.91. The van der Waals surface area contributed by atoms with Gasteiger partial charge in [0, 0.05) is 19.6 Å². The molecule has 0 radical (unpaired) electrons. The molecular weight excluding hydrogens is 337 g/mol. The fourth-order valence-corrected chi connectivity index (χ4v) is 2.52. The van der Waals surface area contributed by atoms with Crippen molar-refractivity contribution in [3.05, 3.63) is 0 Å². The number of carbonyl (C=O) groups excluding carboxylic acids is 1. The van der Waals surface area contributed by atoms with Crippen LogP contribution >= 0.6 is 24.8 Å². The van der Waals surface area contributed by atoms with E-state index in [1.54, 1.807) is 0 Å². The zero-order valence-electron chi connectivity index (χ0n) is 15.2. The lowest BCUT2D eigenvalue weighted by molar-refractivity contribution is -0.134. The smallest absolute Gasteiger partial charge is 0.240 e. The minimum atomic E-state index is -0.438. The van der Waals surface area contributed by atoms with Crippen molar-refractivity contribution in [2.24, 2.45) is 11.1 Å². The molecule has 0 aromatic heterocycles. The highest BCUT2D eigenvalue weighted by molar-refractivity contribution is 5.85. The molecule has 0 aliphatic carbocycles. The van der Waals surface area contributed by atoms with E-state index >= 15 is 0 Å². The highest BCUT2D eigenvalue weighted by atomic mass is 35.5. The molecular formula is C16H35Cl2N3O2. The predicted octanol–water partition coefficient (Wildman–Crippen LogP) is 2.16. The van der Waals surface area contributed by atoms with Gasteiger partial charge in [0.05, 0.1) is 18.8 Å². The maximum absolute atomic E-state index is 12.3. The summed E-state index contributed by atoms with van der Waals surface area (Å²) in [6.07, 6.45) is 1.08. The Morgan fingerprint density at radius 3 is 2.35 bits per heavy atom. The minimum Gasteiger partial charge on any atom is -0.375 e. The van der Waals surface area contributed by atoms with Gasteiger partial charge < -0.3 is 20.3 Å². The molecule has 7 heteroatoms. The van der Waals surface area contributed by atoms with E-state index in [2.05, 4.69) is 18.7 Å². The number of likely N-dealkylation sites (N-methyl/N-ethyl adjacent to an activating group) is 1. The zero-order valence-corrected chi connectivity index (χ0v) is 16.8. The van der Waals surface area contributed by atoms with Crippen LogP contribution in [0.15, 0.2) is 0 Å². The average Bonchev–Trinajstić information content (AvgIpc) is 2.89. The summed E-state index contributed by atoms with van der Waals surface area (Å²) in [5.41, 5.74) is 5.86. The van der Waals surface area contributed by atoms with Crippen molar-refractivity contribution in [1.29, 1.82) is 0 Å². The molecule has 0 spiro atoms. The average molecular weight is 372 g/mol. The summed E-state index contributed by atoms with van der Waals surface area (Å²) in [5, 5.41) is 0. The summed E-state index contributed by atoms with van der Waals surface area (Å²) >= 11 is 0. The third-order valence-corrected chi connectivity index (χ3v) is 4.31. The van der Waals surface area contributed by atoms with E-state index in [-0.39, 0.29) is 42.2 Å². The molecule has 1 aliphatic rings. The lowest BCUT2D eigenvalue weighted by Gasteiger charge is -2.29. The number of carbonyl (C=O) groups is 1. The third-order valence-electron chi connectivity index (χ3n) is 4.31. The summed E-state index contributed by atoms with van der Waals surface area (Å²) in [4.78, 5) is 16.5. The van der Waals surface area contributed by atoms with Crippen LogP contribution in [0.25, 0.3) is 0 Å². The van der Waals surface area contributed by atoms with Crippen LogP contribution in [-0.4, -0.2) is 67.2 Å². The molecule has 1 rings (SSSR count). The molecule has 2 N–H and O–H groups in total. The topological polar surface area (TPSA) is 58.8 Å². The maximum atomic E-state index is 12.3. The van der Waals surface area contributed by atoms with Crippen molar-refractivity contribution in [2.45, 2.75) is 53.2 Å². The third kappa shape index (κ3) is 8.03. The Bertz CT molecular complexity index is 334. The molecule has 1 unspecified atom stereocenters. The summed E-state index contributed by atoms with van der Waals surface area (Å²) in [6.45, 7) is 15.6. The first-order valence-electron chi connectivity index (χ1n) is 8.17. The second-order valence-corrected chi connectivity index (χ2v) is 6.94. The number of nitrogens with zero attached hydrogens (tertiary/aromatic N) is 2. The van der Waals surface area contributed by atoms with Crippen LogP contribution in [0.5, 0.6) is 0 Å². The van der Waals surface area contributed by atoms with Crippen LogP contribution in [0.3, 0.4) is 0 Å². The zero-order chi connectivity index (χ0) is 16.0.